The van der Waals surface area contributed by atoms with Gasteiger partial charge in [-0.05, 0) is 37.3 Å². The second-order valence-electron chi connectivity index (χ2n) is 5.25. The average molecular weight is 381 g/mol. The van der Waals surface area contributed by atoms with E-state index in [-0.39, 0.29) is 16.5 Å². The molecule has 27 heavy (non-hydrogen) atoms. The van der Waals surface area contributed by atoms with E-state index in [2.05, 4.69) is 25.4 Å². The highest BCUT2D eigenvalue weighted by Gasteiger charge is 2.16. The van der Waals surface area contributed by atoms with Gasteiger partial charge in [0.2, 0.25) is 5.95 Å². The van der Waals surface area contributed by atoms with Gasteiger partial charge < -0.3 is 10.2 Å². The van der Waals surface area contributed by atoms with Crippen LogP contribution in [0.1, 0.15) is 44.8 Å². The molecule has 4 rings (SSSR count). The molecule has 1 fully saturated rings. The molecule has 0 atom stereocenters. The zero-order valence-electron chi connectivity index (χ0n) is 23.6. The molecule has 7 nitrogen and oxygen atoms in total. The van der Waals surface area contributed by atoms with Gasteiger partial charge in [0.1, 0.15) is 6.33 Å². The molecule has 0 saturated carbocycles. The van der Waals surface area contributed by atoms with Crippen molar-refractivity contribution in [2.45, 2.75) is 25.5 Å². The van der Waals surface area contributed by atoms with Gasteiger partial charge in [0.15, 0.2) is 5.82 Å². The van der Waals surface area contributed by atoms with Crippen molar-refractivity contribution < 1.29 is 22.5 Å². The Morgan fingerprint density at radius 1 is 1.07 bits per heavy atom. The van der Waals surface area contributed by atoms with Crippen LogP contribution in [0.15, 0.2) is 43.1 Å². The summed E-state index contributed by atoms with van der Waals surface area (Å²) in [5.74, 6) is 0.174. The molecule has 1 aliphatic heterocycles. The molecule has 0 amide bonds. The molecule has 3 heterocycles. The van der Waals surface area contributed by atoms with Crippen LogP contribution in [0.25, 0.3) is 5.82 Å². The van der Waals surface area contributed by atoms with Crippen LogP contribution in [0.2, 0.25) is 0 Å². The van der Waals surface area contributed by atoms with Gasteiger partial charge >= 0.3 is 0 Å². The molecule has 0 bridgehead atoms. The Morgan fingerprint density at radius 3 is 2.67 bits per heavy atom. The second-order valence-corrected chi connectivity index (χ2v) is 5.25. The third-order valence-electron chi connectivity index (χ3n) is 3.44. The lowest BCUT2D eigenvalue weighted by Crippen LogP contribution is -2.29. The van der Waals surface area contributed by atoms with Gasteiger partial charge in [-0.25, -0.2) is 13.8 Å². The lowest BCUT2D eigenvalue weighted by molar-refractivity contribution is 0.151. The number of hydrogen-bond acceptors (Lipinski definition) is 6. The topological polar surface area (TPSA) is 71.8 Å². The van der Waals surface area contributed by atoms with E-state index < -0.39 is 49.8 Å². The number of benzene rings is 1. The monoisotopic (exact) mass is 381 g/mol. The Kier molecular flexibility index (Phi) is 2.61. The Morgan fingerprint density at radius 2 is 1.93 bits per heavy atom. The molecule has 1 aromatic carbocycles. The molecule has 140 valence electrons. The van der Waals surface area contributed by atoms with Crippen LogP contribution in [0.5, 0.6) is 0 Å². The zero-order chi connectivity index (χ0) is 27.6. The standard InChI is InChI=1S/C18H19F2N7/c19-17(20)13-8-14(10-15(9-13)26-6-2-1-3-7-26)24-18-23-12-27(25-18)16-11-21-4-5-22-16/h4-5,8-12,17H,1-3,6-7H2,(H,24,25)/i1D2,2D2,3D2,6D2,7D2. The Bertz CT molecular complexity index is 1270. The highest BCUT2D eigenvalue weighted by Crippen LogP contribution is 2.31. The Hall–Kier alpha value is -3.10. The summed E-state index contributed by atoms with van der Waals surface area (Å²) in [6.07, 6.45) is -8.52. The second kappa shape index (κ2) is 7.65. The van der Waals surface area contributed by atoms with Crippen molar-refractivity contribution in [1.82, 2.24) is 24.7 Å². The van der Waals surface area contributed by atoms with Gasteiger partial charge in [-0.3, -0.25) is 4.98 Å². The predicted molar refractivity (Wildman–Crippen MR) is 97.7 cm³/mol. The maximum Gasteiger partial charge on any atom is 0.263 e. The van der Waals surface area contributed by atoms with Crippen molar-refractivity contribution in [1.29, 1.82) is 0 Å². The molecular weight excluding hydrogens is 352 g/mol. The molecule has 3 aromatic rings. The Balaban J connectivity index is 1.82. The van der Waals surface area contributed by atoms with Crippen LogP contribution in [-0.4, -0.2) is 37.7 Å². The van der Waals surface area contributed by atoms with Crippen molar-refractivity contribution in [2.24, 2.45) is 0 Å². The summed E-state index contributed by atoms with van der Waals surface area (Å²) in [7, 11) is 0. The number of rotatable bonds is 5. The normalized spacial score (nSPS) is 29.4. The molecule has 1 saturated heterocycles. The van der Waals surface area contributed by atoms with Gasteiger partial charge in [-0.2, -0.15) is 9.67 Å². The minimum Gasteiger partial charge on any atom is -0.371 e. The van der Waals surface area contributed by atoms with Crippen molar-refractivity contribution in [2.75, 3.05) is 23.2 Å². The van der Waals surface area contributed by atoms with Gasteiger partial charge in [0, 0.05) is 56.0 Å². The first-order valence-electron chi connectivity index (χ1n) is 12.6. The van der Waals surface area contributed by atoms with Crippen LogP contribution in [0.4, 0.5) is 26.1 Å². The van der Waals surface area contributed by atoms with E-state index in [1.54, 1.807) is 0 Å². The van der Waals surface area contributed by atoms with E-state index in [1.165, 1.54) is 29.6 Å². The third-order valence-corrected chi connectivity index (χ3v) is 3.44. The van der Waals surface area contributed by atoms with Crippen molar-refractivity contribution in [3.8, 4) is 5.82 Å². The fourth-order valence-corrected chi connectivity index (χ4v) is 2.29. The first-order valence-corrected chi connectivity index (χ1v) is 7.64. The largest absolute Gasteiger partial charge is 0.371 e. The zero-order valence-corrected chi connectivity index (χ0v) is 13.6. The Labute approximate surface area is 169 Å². The number of anilines is 3. The van der Waals surface area contributed by atoms with Gasteiger partial charge in [-0.15, -0.1) is 5.10 Å². The molecule has 0 unspecified atom stereocenters. The minimum absolute atomic E-state index is 0.0178. The van der Waals surface area contributed by atoms with Crippen LogP contribution >= 0.6 is 0 Å². The highest BCUT2D eigenvalue weighted by molar-refractivity contribution is 5.64. The first-order chi connectivity index (χ1) is 16.9. The lowest BCUT2D eigenvalue weighted by Gasteiger charge is -2.29. The molecule has 1 N–H and O–H groups in total. The molecule has 0 aliphatic carbocycles. The van der Waals surface area contributed by atoms with Crippen LogP contribution < -0.4 is 10.2 Å². The minimum atomic E-state index is -3.64. The number of nitrogens with one attached hydrogen (secondary N) is 1. The van der Waals surface area contributed by atoms with Gasteiger partial charge in [0.05, 0.1) is 6.20 Å². The van der Waals surface area contributed by atoms with Crippen LogP contribution in [0.3, 0.4) is 0 Å². The maximum atomic E-state index is 13.8. The quantitative estimate of drug-likeness (QED) is 0.726. The summed E-state index contributed by atoms with van der Waals surface area (Å²) in [4.78, 5) is 11.9. The summed E-state index contributed by atoms with van der Waals surface area (Å²) in [6, 6.07) is 2.62. The van der Waals surface area contributed by atoms with E-state index >= 15 is 0 Å². The van der Waals surface area contributed by atoms with Gasteiger partial charge in [-0.1, -0.05) is 0 Å². The smallest absolute Gasteiger partial charge is 0.263 e. The molecular formula is C18H19F2N7. The fourth-order valence-electron chi connectivity index (χ4n) is 2.29. The third kappa shape index (κ3) is 4.02. The summed E-state index contributed by atoms with van der Waals surface area (Å²) >= 11 is 0. The van der Waals surface area contributed by atoms with E-state index in [9.17, 15) is 8.78 Å². The van der Waals surface area contributed by atoms with E-state index in [0.29, 0.717) is 11.9 Å². The van der Waals surface area contributed by atoms with E-state index in [4.69, 9.17) is 13.7 Å². The highest BCUT2D eigenvalue weighted by atomic mass is 19.3. The number of halogens is 2. The van der Waals surface area contributed by atoms with E-state index in [1.807, 2.05) is 0 Å². The summed E-state index contributed by atoms with van der Waals surface area (Å²) in [6.45, 7) is -7.04. The molecule has 9 heteroatoms. The van der Waals surface area contributed by atoms with Crippen molar-refractivity contribution >= 4 is 17.3 Å². The molecule has 1 aliphatic rings. The van der Waals surface area contributed by atoms with Gasteiger partial charge in [0.25, 0.3) is 6.43 Å². The van der Waals surface area contributed by atoms with Crippen molar-refractivity contribution in [3.63, 3.8) is 0 Å². The fraction of sp³-hybridized carbons (Fsp3) is 0.333. The van der Waals surface area contributed by atoms with Crippen LogP contribution in [0, 0.1) is 0 Å². The SMILES string of the molecule is [2H]C1([2H])N(c2cc(Nc3ncn(-c4cnccn4)n3)cc(C(F)F)c2)C([2H])([2H])C([2H])([2H])C([2H])([2H])C1([2H])[2H]. The number of alkyl halides is 2. The summed E-state index contributed by atoms with van der Waals surface area (Å²) in [5, 5.41) is 6.71. The number of piperidine rings is 1. The first kappa shape index (κ1) is 9.20. The van der Waals surface area contributed by atoms with Crippen molar-refractivity contribution in [3.05, 3.63) is 48.7 Å². The maximum absolute atomic E-state index is 13.8. The van der Waals surface area contributed by atoms with E-state index in [0.717, 1.165) is 12.1 Å². The average Bonchev–Trinajstić information content (AvgIpc) is 3.26. The van der Waals surface area contributed by atoms with Crippen LogP contribution in [-0.2, 0) is 0 Å². The summed E-state index contributed by atoms with van der Waals surface area (Å²) < 4.78 is 110. The lowest BCUT2D eigenvalue weighted by atomic mass is 10.1. The molecule has 0 radical (unpaired) electrons. The predicted octanol–water partition coefficient (Wildman–Crippen LogP) is 3.73. The number of nitrogens with zero attached hydrogens (tertiary/aromatic N) is 6. The summed E-state index contributed by atoms with van der Waals surface area (Å²) in [5.41, 5.74) is -1.56. The molecule has 2 aromatic heterocycles. The molecule has 0 spiro atoms. The number of aromatic nitrogens is 5. The number of hydrogen-bond donors (Lipinski definition) is 1.